The quantitative estimate of drug-likeness (QED) is 0.636. The van der Waals surface area contributed by atoms with Gasteiger partial charge < -0.3 is 9.73 Å². The number of piperidine rings is 1. The van der Waals surface area contributed by atoms with Crippen molar-refractivity contribution in [1.29, 1.82) is 0 Å². The van der Waals surface area contributed by atoms with Gasteiger partial charge in [-0.25, -0.2) is 4.98 Å². The Labute approximate surface area is 177 Å². The molecule has 1 aliphatic rings. The molecule has 4 rings (SSSR count). The molecule has 1 fully saturated rings. The van der Waals surface area contributed by atoms with Crippen molar-refractivity contribution in [3.8, 4) is 11.5 Å². The number of hydrogen-bond acceptors (Lipinski definition) is 4. The van der Waals surface area contributed by atoms with E-state index in [0.717, 1.165) is 44.6 Å². The summed E-state index contributed by atoms with van der Waals surface area (Å²) in [4.78, 5) is 19.0. The molecule has 8 heteroatoms. The fourth-order valence-electron chi connectivity index (χ4n) is 3.65. The van der Waals surface area contributed by atoms with E-state index in [1.54, 1.807) is 0 Å². The maximum absolute atomic E-state index is 12.7. The third-order valence-corrected chi connectivity index (χ3v) is 5.37. The van der Waals surface area contributed by atoms with E-state index in [2.05, 4.69) is 27.3 Å². The van der Waals surface area contributed by atoms with Crippen LogP contribution in [0.15, 0.2) is 65.3 Å². The monoisotopic (exact) mass is 429 g/mol. The Hall–Kier alpha value is -3.13. The Bertz CT molecular complexity index is 1010. The summed E-state index contributed by atoms with van der Waals surface area (Å²) < 4.78 is 43.4. The van der Waals surface area contributed by atoms with Crippen LogP contribution in [0.4, 0.5) is 13.2 Å². The van der Waals surface area contributed by atoms with Crippen molar-refractivity contribution >= 4 is 5.91 Å². The molecule has 0 saturated carbocycles. The average molecular weight is 429 g/mol. The molecule has 5 nitrogen and oxygen atoms in total. The molecule has 1 N–H and O–H groups in total. The van der Waals surface area contributed by atoms with E-state index in [0.29, 0.717) is 5.56 Å². The minimum Gasteiger partial charge on any atom is -0.444 e. The third kappa shape index (κ3) is 5.32. The molecule has 0 atom stereocenters. The second-order valence-corrected chi connectivity index (χ2v) is 7.62. The molecule has 0 radical (unpaired) electrons. The van der Waals surface area contributed by atoms with Crippen LogP contribution in [-0.2, 0) is 12.7 Å². The van der Waals surface area contributed by atoms with Crippen LogP contribution in [0.1, 0.15) is 34.5 Å². The van der Waals surface area contributed by atoms with Crippen molar-refractivity contribution in [3.63, 3.8) is 0 Å². The van der Waals surface area contributed by atoms with Gasteiger partial charge in [-0.3, -0.25) is 9.69 Å². The molecule has 2 heterocycles. The first-order valence-corrected chi connectivity index (χ1v) is 10.1. The Kier molecular flexibility index (Phi) is 6.08. The van der Waals surface area contributed by atoms with Crippen LogP contribution in [0.3, 0.4) is 0 Å². The highest BCUT2D eigenvalue weighted by atomic mass is 19.4. The maximum atomic E-state index is 12.7. The van der Waals surface area contributed by atoms with Crippen LogP contribution in [0, 0.1) is 0 Å². The molecule has 1 amide bonds. The molecule has 0 unspecified atom stereocenters. The Morgan fingerprint density at radius 1 is 1.06 bits per heavy atom. The van der Waals surface area contributed by atoms with Crippen molar-refractivity contribution in [2.24, 2.45) is 0 Å². The third-order valence-electron chi connectivity index (χ3n) is 5.37. The highest BCUT2D eigenvalue weighted by Gasteiger charge is 2.30. The topological polar surface area (TPSA) is 58.4 Å². The predicted molar refractivity (Wildman–Crippen MR) is 109 cm³/mol. The summed E-state index contributed by atoms with van der Waals surface area (Å²) in [6.45, 7) is 2.66. The standard InChI is InChI=1S/C23H22F3N3O2/c24-23(25,26)18-8-6-17(7-9-18)22-28-20(15-31-22)21(30)27-19-10-12-29(13-11-19)14-16-4-2-1-3-5-16/h1-9,15,19H,10-14H2,(H,27,30). The van der Waals surface area contributed by atoms with Gasteiger partial charge in [-0.2, -0.15) is 13.2 Å². The van der Waals surface area contributed by atoms with E-state index in [1.165, 1.54) is 24.0 Å². The van der Waals surface area contributed by atoms with E-state index in [9.17, 15) is 18.0 Å². The summed E-state index contributed by atoms with van der Waals surface area (Å²) in [5.41, 5.74) is 1.01. The highest BCUT2D eigenvalue weighted by Crippen LogP contribution is 2.30. The van der Waals surface area contributed by atoms with Gasteiger partial charge in [-0.1, -0.05) is 30.3 Å². The van der Waals surface area contributed by atoms with Crippen LogP contribution in [-0.4, -0.2) is 34.9 Å². The number of nitrogens with one attached hydrogen (secondary N) is 1. The molecule has 1 aromatic heterocycles. The number of benzene rings is 2. The Morgan fingerprint density at radius 3 is 2.39 bits per heavy atom. The number of hydrogen-bond donors (Lipinski definition) is 1. The van der Waals surface area contributed by atoms with Gasteiger partial charge in [0.05, 0.1) is 5.56 Å². The van der Waals surface area contributed by atoms with Gasteiger partial charge in [-0.15, -0.1) is 0 Å². The van der Waals surface area contributed by atoms with Crippen molar-refractivity contribution in [1.82, 2.24) is 15.2 Å². The average Bonchev–Trinajstić information content (AvgIpc) is 3.26. The maximum Gasteiger partial charge on any atom is 0.416 e. The van der Waals surface area contributed by atoms with Crippen LogP contribution < -0.4 is 5.32 Å². The van der Waals surface area contributed by atoms with Crippen molar-refractivity contribution in [2.45, 2.75) is 31.6 Å². The highest BCUT2D eigenvalue weighted by molar-refractivity contribution is 5.92. The largest absolute Gasteiger partial charge is 0.444 e. The number of carbonyl (C=O) groups is 1. The van der Waals surface area contributed by atoms with Gasteiger partial charge in [0.1, 0.15) is 6.26 Å². The second kappa shape index (κ2) is 8.93. The number of amides is 1. The van der Waals surface area contributed by atoms with Gasteiger partial charge in [0.2, 0.25) is 5.89 Å². The number of likely N-dealkylation sites (tertiary alicyclic amines) is 1. The van der Waals surface area contributed by atoms with E-state index in [4.69, 9.17) is 4.42 Å². The number of oxazole rings is 1. The second-order valence-electron chi connectivity index (χ2n) is 7.62. The SMILES string of the molecule is O=C(NC1CCN(Cc2ccccc2)CC1)c1coc(-c2ccc(C(F)(F)F)cc2)n1. The van der Waals surface area contributed by atoms with Gasteiger partial charge in [-0.05, 0) is 42.7 Å². The number of carbonyl (C=O) groups excluding carboxylic acids is 1. The Morgan fingerprint density at radius 2 is 1.74 bits per heavy atom. The normalized spacial score (nSPS) is 15.7. The predicted octanol–water partition coefficient (Wildman–Crippen LogP) is 4.75. The van der Waals surface area contributed by atoms with Crippen LogP contribution >= 0.6 is 0 Å². The first-order valence-electron chi connectivity index (χ1n) is 10.1. The first-order chi connectivity index (χ1) is 14.9. The van der Waals surface area contributed by atoms with Gasteiger partial charge in [0, 0.05) is 31.2 Å². The van der Waals surface area contributed by atoms with Crippen molar-refractivity contribution in [2.75, 3.05) is 13.1 Å². The smallest absolute Gasteiger partial charge is 0.416 e. The summed E-state index contributed by atoms with van der Waals surface area (Å²) in [7, 11) is 0. The number of alkyl halides is 3. The fraction of sp³-hybridized carbons (Fsp3) is 0.304. The number of rotatable bonds is 5. The molecule has 2 aromatic carbocycles. The van der Waals surface area contributed by atoms with E-state index in [1.807, 2.05) is 18.2 Å². The summed E-state index contributed by atoms with van der Waals surface area (Å²) in [6, 6.07) is 14.8. The van der Waals surface area contributed by atoms with Crippen LogP contribution in [0.25, 0.3) is 11.5 Å². The minimum absolute atomic E-state index is 0.0470. The molecule has 162 valence electrons. The zero-order chi connectivity index (χ0) is 21.8. The molecule has 0 bridgehead atoms. The first kappa shape index (κ1) is 21.1. The molecular formula is C23H22F3N3O2. The van der Waals surface area contributed by atoms with Crippen LogP contribution in [0.2, 0.25) is 0 Å². The van der Waals surface area contributed by atoms with Gasteiger partial charge >= 0.3 is 6.18 Å². The molecule has 1 saturated heterocycles. The molecule has 3 aromatic rings. The van der Waals surface area contributed by atoms with Crippen molar-refractivity contribution in [3.05, 3.63) is 77.7 Å². The Balaban J connectivity index is 1.30. The molecule has 0 aliphatic carbocycles. The van der Waals surface area contributed by atoms with Gasteiger partial charge in [0.25, 0.3) is 5.91 Å². The summed E-state index contributed by atoms with van der Waals surface area (Å²) in [5, 5.41) is 2.98. The molecule has 1 aliphatic heterocycles. The van der Waals surface area contributed by atoms with E-state index >= 15 is 0 Å². The lowest BCUT2D eigenvalue weighted by molar-refractivity contribution is -0.137. The van der Waals surface area contributed by atoms with Crippen molar-refractivity contribution < 1.29 is 22.4 Å². The molecular weight excluding hydrogens is 407 g/mol. The lowest BCUT2D eigenvalue weighted by Gasteiger charge is -2.32. The zero-order valence-electron chi connectivity index (χ0n) is 16.7. The minimum atomic E-state index is -4.41. The number of aromatic nitrogens is 1. The molecule has 0 spiro atoms. The summed E-state index contributed by atoms with van der Waals surface area (Å²) in [5.74, 6) is -0.236. The van der Waals surface area contributed by atoms with E-state index in [-0.39, 0.29) is 23.5 Å². The lowest BCUT2D eigenvalue weighted by atomic mass is 10.0. The number of nitrogens with zero attached hydrogens (tertiary/aromatic N) is 2. The number of halogens is 3. The summed E-state index contributed by atoms with van der Waals surface area (Å²) >= 11 is 0. The molecule has 31 heavy (non-hydrogen) atoms. The fourth-order valence-corrected chi connectivity index (χ4v) is 3.65. The lowest BCUT2D eigenvalue weighted by Crippen LogP contribution is -2.44. The zero-order valence-corrected chi connectivity index (χ0v) is 16.7. The van der Waals surface area contributed by atoms with E-state index < -0.39 is 11.7 Å². The van der Waals surface area contributed by atoms with Crippen LogP contribution in [0.5, 0.6) is 0 Å². The summed E-state index contributed by atoms with van der Waals surface area (Å²) in [6.07, 6.45) is -1.51. The van der Waals surface area contributed by atoms with Gasteiger partial charge in [0.15, 0.2) is 5.69 Å².